The standard InChI is InChI=1S/C15H20ClN3O3S3/c1-4-19(25(3,21)22)9-5-8-17-14(20)13-10(2)18-15(24-13)11-6-7-12(16)23-11/h6-7H,4-5,8-9H2,1-3H3,(H,17,20). The molecule has 0 aliphatic rings. The summed E-state index contributed by atoms with van der Waals surface area (Å²) in [6.45, 7) is 4.80. The first-order valence-electron chi connectivity index (χ1n) is 7.68. The number of aryl methyl sites for hydroxylation is 1. The second kappa shape index (κ2) is 8.59. The summed E-state index contributed by atoms with van der Waals surface area (Å²) in [6.07, 6.45) is 1.74. The highest BCUT2D eigenvalue weighted by Gasteiger charge is 2.18. The van der Waals surface area contributed by atoms with Crippen LogP contribution in [-0.2, 0) is 10.0 Å². The minimum absolute atomic E-state index is 0.189. The maximum Gasteiger partial charge on any atom is 0.263 e. The third-order valence-corrected chi connectivity index (χ3v) is 7.41. The number of hydrogen-bond donors (Lipinski definition) is 1. The van der Waals surface area contributed by atoms with E-state index >= 15 is 0 Å². The van der Waals surface area contributed by atoms with Crippen LogP contribution in [0.25, 0.3) is 9.88 Å². The Bertz CT molecular complexity index is 845. The van der Waals surface area contributed by atoms with E-state index < -0.39 is 10.0 Å². The highest BCUT2D eigenvalue weighted by molar-refractivity contribution is 7.88. The van der Waals surface area contributed by atoms with E-state index in [4.69, 9.17) is 11.6 Å². The van der Waals surface area contributed by atoms with Gasteiger partial charge in [0.1, 0.15) is 9.88 Å². The number of carbonyl (C=O) groups is 1. The molecule has 2 aromatic rings. The third kappa shape index (κ3) is 5.49. The monoisotopic (exact) mass is 421 g/mol. The summed E-state index contributed by atoms with van der Waals surface area (Å²) < 4.78 is 25.1. The first kappa shape index (κ1) is 20.3. The Labute approximate surface area is 160 Å². The highest BCUT2D eigenvalue weighted by Crippen LogP contribution is 2.34. The lowest BCUT2D eigenvalue weighted by Gasteiger charge is -2.17. The van der Waals surface area contributed by atoms with Crippen molar-refractivity contribution in [2.24, 2.45) is 0 Å². The summed E-state index contributed by atoms with van der Waals surface area (Å²) in [7, 11) is -3.20. The van der Waals surface area contributed by atoms with Gasteiger partial charge in [0, 0.05) is 19.6 Å². The number of nitrogens with one attached hydrogen (secondary N) is 1. The molecule has 0 saturated carbocycles. The zero-order valence-electron chi connectivity index (χ0n) is 14.2. The van der Waals surface area contributed by atoms with Gasteiger partial charge in [-0.1, -0.05) is 18.5 Å². The minimum Gasteiger partial charge on any atom is -0.351 e. The molecule has 1 N–H and O–H groups in total. The Morgan fingerprint density at radius 2 is 2.08 bits per heavy atom. The molecule has 0 spiro atoms. The fourth-order valence-corrected chi connectivity index (χ4v) is 5.25. The van der Waals surface area contributed by atoms with Gasteiger partial charge >= 0.3 is 0 Å². The Balaban J connectivity index is 1.92. The molecule has 10 heteroatoms. The van der Waals surface area contributed by atoms with Gasteiger partial charge in [-0.15, -0.1) is 22.7 Å². The molecule has 25 heavy (non-hydrogen) atoms. The molecule has 1 amide bonds. The number of amides is 1. The summed E-state index contributed by atoms with van der Waals surface area (Å²) in [5.41, 5.74) is 0.674. The number of hydrogen-bond acceptors (Lipinski definition) is 6. The molecule has 0 radical (unpaired) electrons. The van der Waals surface area contributed by atoms with Crippen molar-refractivity contribution in [1.82, 2.24) is 14.6 Å². The number of nitrogens with zero attached hydrogens (tertiary/aromatic N) is 2. The topological polar surface area (TPSA) is 79.4 Å². The van der Waals surface area contributed by atoms with E-state index in [1.807, 2.05) is 6.07 Å². The van der Waals surface area contributed by atoms with Gasteiger partial charge in [-0.05, 0) is 25.5 Å². The van der Waals surface area contributed by atoms with Crippen molar-refractivity contribution >= 4 is 50.2 Å². The molecule has 2 heterocycles. The molecule has 138 valence electrons. The van der Waals surface area contributed by atoms with Crippen LogP contribution in [0.1, 0.15) is 28.7 Å². The van der Waals surface area contributed by atoms with E-state index in [9.17, 15) is 13.2 Å². The Hall–Kier alpha value is -1.000. The molecule has 6 nitrogen and oxygen atoms in total. The fourth-order valence-electron chi connectivity index (χ4n) is 2.24. The quantitative estimate of drug-likeness (QED) is 0.663. The van der Waals surface area contributed by atoms with Crippen LogP contribution >= 0.6 is 34.3 Å². The van der Waals surface area contributed by atoms with E-state index in [2.05, 4.69) is 10.3 Å². The predicted octanol–water partition coefficient (Wildman–Crippen LogP) is 3.23. The fraction of sp³-hybridized carbons (Fsp3) is 0.467. The molecule has 0 fully saturated rings. The van der Waals surface area contributed by atoms with Crippen LogP contribution in [0.4, 0.5) is 0 Å². The third-order valence-electron chi connectivity index (χ3n) is 3.48. The minimum atomic E-state index is -3.20. The second-order valence-electron chi connectivity index (χ2n) is 5.40. The first-order chi connectivity index (χ1) is 11.7. The molecule has 0 aromatic carbocycles. The van der Waals surface area contributed by atoms with Gasteiger partial charge in [0.05, 0.1) is 21.2 Å². The molecule has 0 bridgehead atoms. The molecule has 2 rings (SSSR count). The molecule has 0 saturated heterocycles. The average molecular weight is 422 g/mol. The van der Waals surface area contributed by atoms with E-state index in [-0.39, 0.29) is 5.91 Å². The number of thiophene rings is 1. The van der Waals surface area contributed by atoms with E-state index in [0.717, 1.165) is 9.88 Å². The first-order valence-corrected chi connectivity index (χ1v) is 11.5. The molecule has 0 aliphatic carbocycles. The smallest absolute Gasteiger partial charge is 0.263 e. The van der Waals surface area contributed by atoms with Crippen LogP contribution in [0.3, 0.4) is 0 Å². The summed E-state index contributed by atoms with van der Waals surface area (Å²) in [5, 5.41) is 3.60. The van der Waals surface area contributed by atoms with Crippen molar-refractivity contribution in [2.45, 2.75) is 20.3 Å². The number of halogens is 1. The van der Waals surface area contributed by atoms with Crippen molar-refractivity contribution in [3.05, 3.63) is 27.0 Å². The number of sulfonamides is 1. The van der Waals surface area contributed by atoms with Crippen molar-refractivity contribution in [3.8, 4) is 9.88 Å². The van der Waals surface area contributed by atoms with E-state index in [0.29, 0.717) is 41.0 Å². The van der Waals surface area contributed by atoms with Gasteiger partial charge in [-0.2, -0.15) is 0 Å². The van der Waals surface area contributed by atoms with Gasteiger partial charge in [0.2, 0.25) is 10.0 Å². The van der Waals surface area contributed by atoms with Gasteiger partial charge < -0.3 is 5.32 Å². The summed E-state index contributed by atoms with van der Waals surface area (Å²) in [4.78, 5) is 18.3. The van der Waals surface area contributed by atoms with Gasteiger partial charge in [-0.25, -0.2) is 17.7 Å². The summed E-state index contributed by atoms with van der Waals surface area (Å²) in [5.74, 6) is -0.189. The highest BCUT2D eigenvalue weighted by atomic mass is 35.5. The maximum absolute atomic E-state index is 12.3. The van der Waals surface area contributed by atoms with Gasteiger partial charge in [0.15, 0.2) is 0 Å². The van der Waals surface area contributed by atoms with Crippen molar-refractivity contribution in [2.75, 3.05) is 25.9 Å². The van der Waals surface area contributed by atoms with Gasteiger partial charge in [-0.3, -0.25) is 4.79 Å². The summed E-state index contributed by atoms with van der Waals surface area (Å²) in [6, 6.07) is 3.69. The lowest BCUT2D eigenvalue weighted by Crippen LogP contribution is -2.33. The molecule has 2 aromatic heterocycles. The molecular weight excluding hydrogens is 402 g/mol. The van der Waals surface area contributed by atoms with Crippen LogP contribution in [-0.4, -0.2) is 49.5 Å². The van der Waals surface area contributed by atoms with Crippen LogP contribution in [0.2, 0.25) is 4.34 Å². The number of aromatic nitrogens is 1. The van der Waals surface area contributed by atoms with E-state index in [1.54, 1.807) is 19.9 Å². The number of thiazole rings is 1. The normalized spacial score (nSPS) is 11.9. The van der Waals surface area contributed by atoms with Crippen molar-refractivity contribution in [1.29, 1.82) is 0 Å². The maximum atomic E-state index is 12.3. The Kier molecular flexibility index (Phi) is 6.98. The largest absolute Gasteiger partial charge is 0.351 e. The summed E-state index contributed by atoms with van der Waals surface area (Å²) >= 11 is 8.70. The number of carbonyl (C=O) groups excluding carboxylic acids is 1. The Morgan fingerprint density at radius 3 is 2.64 bits per heavy atom. The molecule has 0 unspecified atom stereocenters. The average Bonchev–Trinajstić information content (AvgIpc) is 3.11. The van der Waals surface area contributed by atoms with Crippen LogP contribution in [0.15, 0.2) is 12.1 Å². The lowest BCUT2D eigenvalue weighted by molar-refractivity contribution is 0.0956. The zero-order valence-corrected chi connectivity index (χ0v) is 17.4. The van der Waals surface area contributed by atoms with Crippen LogP contribution in [0.5, 0.6) is 0 Å². The van der Waals surface area contributed by atoms with Crippen LogP contribution < -0.4 is 5.32 Å². The SMILES string of the molecule is CCN(CCCNC(=O)c1sc(-c2ccc(Cl)s2)nc1C)S(C)(=O)=O. The molecule has 0 atom stereocenters. The predicted molar refractivity (Wildman–Crippen MR) is 104 cm³/mol. The second-order valence-corrected chi connectivity index (χ2v) is 10.1. The van der Waals surface area contributed by atoms with Crippen LogP contribution in [0, 0.1) is 6.92 Å². The van der Waals surface area contributed by atoms with E-state index in [1.165, 1.54) is 33.2 Å². The Morgan fingerprint density at radius 1 is 1.36 bits per heavy atom. The van der Waals surface area contributed by atoms with Crippen molar-refractivity contribution < 1.29 is 13.2 Å². The number of rotatable bonds is 8. The van der Waals surface area contributed by atoms with Crippen molar-refractivity contribution in [3.63, 3.8) is 0 Å². The van der Waals surface area contributed by atoms with Gasteiger partial charge in [0.25, 0.3) is 5.91 Å². The zero-order chi connectivity index (χ0) is 18.6. The molecular formula is C15H20ClN3O3S3. The lowest BCUT2D eigenvalue weighted by atomic mass is 10.3. The molecule has 0 aliphatic heterocycles.